The van der Waals surface area contributed by atoms with E-state index in [1.54, 1.807) is 12.3 Å². The number of ether oxygens (including phenoxy) is 1. The van der Waals surface area contributed by atoms with Crippen LogP contribution in [0.2, 0.25) is 10.0 Å². The maximum Gasteiger partial charge on any atom is 0.427 e. The summed E-state index contributed by atoms with van der Waals surface area (Å²) in [5, 5.41) is 5.99. The molecule has 0 unspecified atom stereocenters. The molecule has 0 radical (unpaired) electrons. The molecule has 0 aliphatic carbocycles. The lowest BCUT2D eigenvalue weighted by atomic mass is 10.2. The lowest BCUT2D eigenvalue weighted by Crippen LogP contribution is -2.16. The zero-order chi connectivity index (χ0) is 17.8. The number of methoxy groups -OCH3 is 1. The average molecular weight is 376 g/mol. The molecule has 1 aromatic heterocycles. The van der Waals surface area contributed by atoms with Gasteiger partial charge in [0.05, 0.1) is 23.4 Å². The topological polar surface area (TPSA) is 55.6 Å². The summed E-state index contributed by atoms with van der Waals surface area (Å²) >= 11 is 12.1. The molecule has 0 atom stereocenters. The second-order valence-corrected chi connectivity index (χ2v) is 6.15. The number of hydrazone groups is 1. The van der Waals surface area contributed by atoms with Crippen molar-refractivity contribution < 1.29 is 9.53 Å². The first-order chi connectivity index (χ1) is 12.1. The van der Waals surface area contributed by atoms with Crippen LogP contribution in [0.5, 0.6) is 0 Å². The predicted molar refractivity (Wildman–Crippen MR) is 101 cm³/mol. The van der Waals surface area contributed by atoms with E-state index in [4.69, 9.17) is 23.2 Å². The van der Waals surface area contributed by atoms with Crippen molar-refractivity contribution in [3.63, 3.8) is 0 Å². The van der Waals surface area contributed by atoms with Crippen LogP contribution in [0.15, 0.2) is 53.8 Å². The molecule has 0 saturated carbocycles. The van der Waals surface area contributed by atoms with Gasteiger partial charge >= 0.3 is 6.09 Å². The summed E-state index contributed by atoms with van der Waals surface area (Å²) in [6, 6.07) is 13.5. The number of carbonyl (C=O) groups is 1. The SMILES string of the molecule is COC(=O)NN=Cc1cn(Cc2ccc(Cl)c(Cl)c2)c2ccccc12. The van der Waals surface area contributed by atoms with E-state index in [1.807, 2.05) is 42.6 Å². The van der Waals surface area contributed by atoms with Gasteiger partial charge in [-0.15, -0.1) is 0 Å². The molecule has 5 nitrogen and oxygen atoms in total. The minimum absolute atomic E-state index is 0.527. The Morgan fingerprint density at radius 3 is 2.80 bits per heavy atom. The molecule has 128 valence electrons. The smallest absolute Gasteiger partial charge is 0.427 e. The summed E-state index contributed by atoms with van der Waals surface area (Å²) in [4.78, 5) is 11.1. The number of rotatable bonds is 4. The largest absolute Gasteiger partial charge is 0.452 e. The molecule has 0 bridgehead atoms. The fraction of sp³-hybridized carbons (Fsp3) is 0.111. The van der Waals surface area contributed by atoms with Crippen LogP contribution in [0.25, 0.3) is 10.9 Å². The van der Waals surface area contributed by atoms with Crippen LogP contribution in [0.3, 0.4) is 0 Å². The van der Waals surface area contributed by atoms with Crippen molar-refractivity contribution in [2.75, 3.05) is 7.11 Å². The Balaban J connectivity index is 1.93. The van der Waals surface area contributed by atoms with Crippen LogP contribution in [-0.2, 0) is 11.3 Å². The third kappa shape index (κ3) is 3.95. The summed E-state index contributed by atoms with van der Waals surface area (Å²) in [5.41, 5.74) is 5.25. The van der Waals surface area contributed by atoms with Gasteiger partial charge in [0.15, 0.2) is 0 Å². The first-order valence-electron chi connectivity index (χ1n) is 7.47. The lowest BCUT2D eigenvalue weighted by molar-refractivity contribution is 0.171. The average Bonchev–Trinajstić information content (AvgIpc) is 2.96. The van der Waals surface area contributed by atoms with Gasteiger partial charge in [-0.25, -0.2) is 10.2 Å². The van der Waals surface area contributed by atoms with E-state index in [0.29, 0.717) is 16.6 Å². The fourth-order valence-corrected chi connectivity index (χ4v) is 2.86. The second kappa shape index (κ2) is 7.59. The van der Waals surface area contributed by atoms with Crippen LogP contribution in [0.1, 0.15) is 11.1 Å². The molecule has 7 heteroatoms. The molecule has 1 amide bonds. The van der Waals surface area contributed by atoms with Crippen LogP contribution >= 0.6 is 23.2 Å². The maximum absolute atomic E-state index is 11.1. The van der Waals surface area contributed by atoms with Crippen molar-refractivity contribution in [2.45, 2.75) is 6.54 Å². The lowest BCUT2D eigenvalue weighted by Gasteiger charge is -2.06. The summed E-state index contributed by atoms with van der Waals surface area (Å²) in [6.45, 7) is 0.635. The first-order valence-corrected chi connectivity index (χ1v) is 8.23. The van der Waals surface area contributed by atoms with E-state index >= 15 is 0 Å². The summed E-state index contributed by atoms with van der Waals surface area (Å²) in [5.74, 6) is 0. The van der Waals surface area contributed by atoms with Crippen molar-refractivity contribution >= 4 is 46.4 Å². The van der Waals surface area contributed by atoms with Crippen molar-refractivity contribution in [1.82, 2.24) is 9.99 Å². The van der Waals surface area contributed by atoms with Crippen molar-refractivity contribution in [3.8, 4) is 0 Å². The molecule has 2 aromatic carbocycles. The number of hydrogen-bond donors (Lipinski definition) is 1. The number of nitrogens with one attached hydrogen (secondary N) is 1. The van der Waals surface area contributed by atoms with Crippen molar-refractivity contribution in [1.29, 1.82) is 0 Å². The van der Waals surface area contributed by atoms with E-state index < -0.39 is 6.09 Å². The fourth-order valence-electron chi connectivity index (χ4n) is 2.54. The van der Waals surface area contributed by atoms with Crippen LogP contribution in [0, 0.1) is 0 Å². The molecular weight excluding hydrogens is 361 g/mol. The number of nitrogens with zero attached hydrogens (tertiary/aromatic N) is 2. The number of fused-ring (bicyclic) bond motifs is 1. The quantitative estimate of drug-likeness (QED) is 0.531. The molecule has 25 heavy (non-hydrogen) atoms. The van der Waals surface area contributed by atoms with Gasteiger partial charge in [0, 0.05) is 29.2 Å². The van der Waals surface area contributed by atoms with Crippen molar-refractivity contribution in [2.24, 2.45) is 5.10 Å². The number of carbonyl (C=O) groups excluding carboxylic acids is 1. The zero-order valence-electron chi connectivity index (χ0n) is 13.4. The number of para-hydroxylation sites is 1. The molecule has 1 N–H and O–H groups in total. The van der Waals surface area contributed by atoms with Crippen molar-refractivity contribution in [3.05, 3.63) is 69.8 Å². The van der Waals surface area contributed by atoms with Gasteiger partial charge in [0.1, 0.15) is 0 Å². The number of benzene rings is 2. The van der Waals surface area contributed by atoms with E-state index in [1.165, 1.54) is 7.11 Å². The normalized spacial score (nSPS) is 11.2. The Hall–Kier alpha value is -2.50. The van der Waals surface area contributed by atoms with Gasteiger partial charge in [-0.2, -0.15) is 5.10 Å². The van der Waals surface area contributed by atoms with E-state index in [-0.39, 0.29) is 0 Å². The molecule has 1 heterocycles. The third-order valence-corrected chi connectivity index (χ3v) is 4.44. The molecule has 3 rings (SSSR count). The maximum atomic E-state index is 11.1. The van der Waals surface area contributed by atoms with E-state index in [9.17, 15) is 4.79 Å². The van der Waals surface area contributed by atoms with Crippen LogP contribution in [-0.4, -0.2) is 24.0 Å². The minimum Gasteiger partial charge on any atom is -0.452 e. The Labute approximate surface area is 154 Å². The summed E-state index contributed by atoms with van der Waals surface area (Å²) in [7, 11) is 1.29. The number of amides is 1. The first kappa shape index (κ1) is 17.3. The molecular formula is C18H15Cl2N3O2. The predicted octanol–water partition coefficient (Wildman–Crippen LogP) is 4.69. The number of hydrogen-bond acceptors (Lipinski definition) is 3. The zero-order valence-corrected chi connectivity index (χ0v) is 14.9. The van der Waals surface area contributed by atoms with Crippen LogP contribution < -0.4 is 5.43 Å². The highest BCUT2D eigenvalue weighted by molar-refractivity contribution is 6.42. The molecule has 0 spiro atoms. The van der Waals surface area contributed by atoms with E-state index in [2.05, 4.69) is 19.8 Å². The Kier molecular flexibility index (Phi) is 5.26. The summed E-state index contributed by atoms with van der Waals surface area (Å²) in [6.07, 6.45) is 2.94. The third-order valence-electron chi connectivity index (χ3n) is 3.70. The highest BCUT2D eigenvalue weighted by atomic mass is 35.5. The van der Waals surface area contributed by atoms with Gasteiger partial charge in [0.2, 0.25) is 0 Å². The Bertz CT molecular complexity index is 951. The van der Waals surface area contributed by atoms with Gasteiger partial charge in [-0.3, -0.25) is 0 Å². The van der Waals surface area contributed by atoms with Gasteiger partial charge < -0.3 is 9.30 Å². The standard InChI is InChI=1S/C18H15Cl2N3O2/c1-25-18(24)22-21-9-13-11-23(17-5-3-2-4-14(13)17)10-12-6-7-15(19)16(20)8-12/h2-9,11H,10H2,1H3,(H,22,24). The van der Waals surface area contributed by atoms with Crippen LogP contribution in [0.4, 0.5) is 4.79 Å². The second-order valence-electron chi connectivity index (χ2n) is 5.34. The molecule has 3 aromatic rings. The van der Waals surface area contributed by atoms with Gasteiger partial charge in [0.25, 0.3) is 0 Å². The molecule has 0 fully saturated rings. The highest BCUT2D eigenvalue weighted by Gasteiger charge is 2.08. The van der Waals surface area contributed by atoms with Gasteiger partial charge in [-0.1, -0.05) is 47.5 Å². The Morgan fingerprint density at radius 2 is 2.04 bits per heavy atom. The molecule has 0 aliphatic rings. The highest BCUT2D eigenvalue weighted by Crippen LogP contribution is 2.25. The number of aromatic nitrogens is 1. The summed E-state index contributed by atoms with van der Waals surface area (Å²) < 4.78 is 6.58. The van der Waals surface area contributed by atoms with Gasteiger partial charge in [-0.05, 0) is 23.8 Å². The Morgan fingerprint density at radius 1 is 1.24 bits per heavy atom. The monoisotopic (exact) mass is 375 g/mol. The van der Waals surface area contributed by atoms with E-state index in [0.717, 1.165) is 22.0 Å². The molecule has 0 aliphatic heterocycles. The minimum atomic E-state index is -0.615. The molecule has 0 saturated heterocycles. The number of halogens is 2.